The lowest BCUT2D eigenvalue weighted by atomic mass is 9.97. The molecule has 2 aliphatic rings. The molecule has 2 saturated heterocycles. The third kappa shape index (κ3) is 4.28. The highest BCUT2D eigenvalue weighted by molar-refractivity contribution is 7.09. The summed E-state index contributed by atoms with van der Waals surface area (Å²) in [4.78, 5) is 16.0. The van der Waals surface area contributed by atoms with Gasteiger partial charge in [-0.25, -0.2) is 0 Å². The van der Waals surface area contributed by atoms with Gasteiger partial charge in [-0.3, -0.25) is 9.69 Å². The van der Waals surface area contributed by atoms with Crippen LogP contribution in [0, 0.1) is 5.92 Å². The van der Waals surface area contributed by atoms with E-state index in [1.165, 1.54) is 24.3 Å². The zero-order chi connectivity index (χ0) is 14.5. The van der Waals surface area contributed by atoms with Crippen LogP contribution in [0.3, 0.4) is 0 Å². The van der Waals surface area contributed by atoms with E-state index in [4.69, 9.17) is 0 Å². The van der Waals surface area contributed by atoms with Crippen LogP contribution in [0.25, 0.3) is 0 Å². The zero-order valence-corrected chi connectivity index (χ0v) is 13.3. The number of carbonyl (C=O) groups excluding carboxylic acids is 1. The van der Waals surface area contributed by atoms with Crippen LogP contribution in [0.5, 0.6) is 0 Å². The molecule has 1 aromatic heterocycles. The highest BCUT2D eigenvalue weighted by Crippen LogP contribution is 2.20. The number of hydrogen-bond donors (Lipinski definition) is 2. The number of thiophene rings is 1. The van der Waals surface area contributed by atoms with Crippen molar-refractivity contribution in [3.63, 3.8) is 0 Å². The molecule has 0 saturated carbocycles. The van der Waals surface area contributed by atoms with Crippen LogP contribution in [-0.2, 0) is 11.3 Å². The molecule has 116 valence electrons. The molecule has 0 spiro atoms. The Labute approximate surface area is 130 Å². The number of likely N-dealkylation sites (tertiary alicyclic amines) is 1. The lowest BCUT2D eigenvalue weighted by Gasteiger charge is -2.32. The summed E-state index contributed by atoms with van der Waals surface area (Å²) in [7, 11) is 0. The normalized spacial score (nSPS) is 26.9. The number of piperidine rings is 1. The SMILES string of the molecule is O=C(NCC1CCCN(Cc2cccs2)C1)[C@@H]1CCCN1. The van der Waals surface area contributed by atoms with E-state index in [1.807, 2.05) is 11.3 Å². The summed E-state index contributed by atoms with van der Waals surface area (Å²) < 4.78 is 0. The zero-order valence-electron chi connectivity index (χ0n) is 12.5. The van der Waals surface area contributed by atoms with Gasteiger partial charge in [-0.05, 0) is 56.1 Å². The lowest BCUT2D eigenvalue weighted by molar-refractivity contribution is -0.123. The molecule has 0 bridgehead atoms. The molecule has 4 nitrogen and oxygen atoms in total. The monoisotopic (exact) mass is 307 g/mol. The van der Waals surface area contributed by atoms with Crippen molar-refractivity contribution < 1.29 is 4.79 Å². The van der Waals surface area contributed by atoms with Crippen LogP contribution in [0.4, 0.5) is 0 Å². The Morgan fingerprint density at radius 1 is 1.43 bits per heavy atom. The molecule has 21 heavy (non-hydrogen) atoms. The highest BCUT2D eigenvalue weighted by Gasteiger charge is 2.24. The van der Waals surface area contributed by atoms with Gasteiger partial charge in [-0.1, -0.05) is 6.07 Å². The first-order valence-electron chi connectivity index (χ1n) is 8.07. The number of carbonyl (C=O) groups is 1. The minimum Gasteiger partial charge on any atom is -0.354 e. The van der Waals surface area contributed by atoms with E-state index in [0.717, 1.165) is 39.0 Å². The smallest absolute Gasteiger partial charge is 0.237 e. The maximum absolute atomic E-state index is 12.0. The van der Waals surface area contributed by atoms with Crippen LogP contribution in [0.15, 0.2) is 17.5 Å². The predicted molar refractivity (Wildman–Crippen MR) is 86.4 cm³/mol. The van der Waals surface area contributed by atoms with E-state index in [1.54, 1.807) is 0 Å². The molecule has 2 fully saturated rings. The molecule has 0 aromatic carbocycles. The van der Waals surface area contributed by atoms with Crippen LogP contribution in [-0.4, -0.2) is 43.0 Å². The van der Waals surface area contributed by atoms with Crippen molar-refractivity contribution in [2.45, 2.75) is 38.3 Å². The van der Waals surface area contributed by atoms with Crippen LogP contribution < -0.4 is 10.6 Å². The van der Waals surface area contributed by atoms with Crippen LogP contribution in [0.1, 0.15) is 30.6 Å². The summed E-state index contributed by atoms with van der Waals surface area (Å²) in [6.07, 6.45) is 4.59. The first kappa shape index (κ1) is 15.0. The van der Waals surface area contributed by atoms with E-state index in [-0.39, 0.29) is 11.9 Å². The Hall–Kier alpha value is -0.910. The Kier molecular flexibility index (Phi) is 5.27. The van der Waals surface area contributed by atoms with Gasteiger partial charge in [-0.2, -0.15) is 0 Å². The largest absolute Gasteiger partial charge is 0.354 e. The Morgan fingerprint density at radius 3 is 3.14 bits per heavy atom. The number of hydrogen-bond acceptors (Lipinski definition) is 4. The highest BCUT2D eigenvalue weighted by atomic mass is 32.1. The fraction of sp³-hybridized carbons (Fsp3) is 0.688. The average Bonchev–Trinajstić information content (AvgIpc) is 3.18. The molecule has 3 heterocycles. The number of nitrogens with zero attached hydrogens (tertiary/aromatic N) is 1. The van der Waals surface area contributed by atoms with E-state index >= 15 is 0 Å². The molecule has 1 amide bonds. The molecule has 2 atom stereocenters. The van der Waals surface area contributed by atoms with E-state index in [0.29, 0.717) is 5.92 Å². The third-order valence-electron chi connectivity index (χ3n) is 4.50. The summed E-state index contributed by atoms with van der Waals surface area (Å²) in [6, 6.07) is 4.38. The molecule has 0 aliphatic carbocycles. The predicted octanol–water partition coefficient (Wildman–Crippen LogP) is 1.83. The second-order valence-electron chi connectivity index (χ2n) is 6.22. The minimum absolute atomic E-state index is 0.0517. The van der Waals surface area contributed by atoms with Crippen LogP contribution in [0.2, 0.25) is 0 Å². The fourth-order valence-electron chi connectivity index (χ4n) is 3.36. The molecule has 2 N–H and O–H groups in total. The second-order valence-corrected chi connectivity index (χ2v) is 7.25. The first-order valence-corrected chi connectivity index (χ1v) is 8.95. The first-order chi connectivity index (χ1) is 10.3. The van der Waals surface area contributed by atoms with Gasteiger partial charge in [0.2, 0.25) is 5.91 Å². The fourth-order valence-corrected chi connectivity index (χ4v) is 4.11. The van der Waals surface area contributed by atoms with Gasteiger partial charge >= 0.3 is 0 Å². The number of amides is 1. The van der Waals surface area contributed by atoms with Crippen molar-refractivity contribution in [1.82, 2.24) is 15.5 Å². The summed E-state index contributed by atoms with van der Waals surface area (Å²) in [5.41, 5.74) is 0. The molecule has 0 radical (unpaired) electrons. The van der Waals surface area contributed by atoms with Crippen molar-refractivity contribution >= 4 is 17.2 Å². The summed E-state index contributed by atoms with van der Waals surface area (Å²) in [5.74, 6) is 0.798. The quantitative estimate of drug-likeness (QED) is 0.872. The summed E-state index contributed by atoms with van der Waals surface area (Å²) in [6.45, 7) is 5.17. The Bertz CT molecular complexity index is 442. The van der Waals surface area contributed by atoms with Gasteiger partial charge < -0.3 is 10.6 Å². The van der Waals surface area contributed by atoms with Gasteiger partial charge in [0.05, 0.1) is 6.04 Å². The Balaban J connectivity index is 1.42. The maximum atomic E-state index is 12.0. The Morgan fingerprint density at radius 2 is 2.38 bits per heavy atom. The van der Waals surface area contributed by atoms with E-state index in [9.17, 15) is 4.79 Å². The van der Waals surface area contributed by atoms with Crippen molar-refractivity contribution in [3.8, 4) is 0 Å². The molecular formula is C16H25N3OS. The van der Waals surface area contributed by atoms with Crippen LogP contribution >= 0.6 is 11.3 Å². The summed E-state index contributed by atoms with van der Waals surface area (Å²) in [5, 5.41) is 8.55. The number of nitrogens with one attached hydrogen (secondary N) is 2. The molecule has 1 aromatic rings. The van der Waals surface area contributed by atoms with Gasteiger partial charge in [0.25, 0.3) is 0 Å². The van der Waals surface area contributed by atoms with Gasteiger partial charge in [0.15, 0.2) is 0 Å². The number of rotatable bonds is 5. The standard InChI is InChI=1S/C16H25N3OS/c20-16(15-6-1-7-17-15)18-10-13-4-2-8-19(11-13)12-14-5-3-9-21-14/h3,5,9,13,15,17H,1-2,4,6-8,10-12H2,(H,18,20)/t13?,15-/m0/s1. The average molecular weight is 307 g/mol. The molecule has 3 rings (SSSR count). The molecule has 2 aliphatic heterocycles. The topological polar surface area (TPSA) is 44.4 Å². The maximum Gasteiger partial charge on any atom is 0.237 e. The van der Waals surface area contributed by atoms with Crippen molar-refractivity contribution in [3.05, 3.63) is 22.4 Å². The molecule has 5 heteroatoms. The lowest BCUT2D eigenvalue weighted by Crippen LogP contribution is -2.45. The van der Waals surface area contributed by atoms with Crippen molar-refractivity contribution in [2.24, 2.45) is 5.92 Å². The molecule has 1 unspecified atom stereocenters. The van der Waals surface area contributed by atoms with Gasteiger partial charge in [0, 0.05) is 24.5 Å². The third-order valence-corrected chi connectivity index (χ3v) is 5.37. The molecular weight excluding hydrogens is 282 g/mol. The van der Waals surface area contributed by atoms with E-state index in [2.05, 4.69) is 33.0 Å². The van der Waals surface area contributed by atoms with Gasteiger partial charge in [0.1, 0.15) is 0 Å². The van der Waals surface area contributed by atoms with Crippen molar-refractivity contribution in [2.75, 3.05) is 26.2 Å². The van der Waals surface area contributed by atoms with Crippen molar-refractivity contribution in [1.29, 1.82) is 0 Å². The summed E-state index contributed by atoms with van der Waals surface area (Å²) >= 11 is 1.83. The van der Waals surface area contributed by atoms with Gasteiger partial charge in [-0.15, -0.1) is 11.3 Å². The minimum atomic E-state index is 0.0517. The second kappa shape index (κ2) is 7.38. The van der Waals surface area contributed by atoms with E-state index < -0.39 is 0 Å².